The van der Waals surface area contributed by atoms with Crippen LogP contribution in [0.15, 0.2) is 18.2 Å². The lowest BCUT2D eigenvalue weighted by Crippen LogP contribution is -2.35. The van der Waals surface area contributed by atoms with Gasteiger partial charge in [0.05, 0.1) is 23.7 Å². The smallest absolute Gasteiger partial charge is 0.417 e. The SMILES string of the molecule is COc1cc(NC(=O)NC(=O)c2cc(C(F)(F)F)c3c(C)[nH]nc3n2)cc(Cl)n1. The van der Waals surface area contributed by atoms with Gasteiger partial charge in [-0.15, -0.1) is 0 Å². The molecule has 0 fully saturated rings. The Balaban J connectivity index is 1.84. The van der Waals surface area contributed by atoms with E-state index in [4.69, 9.17) is 16.3 Å². The van der Waals surface area contributed by atoms with Gasteiger partial charge in [-0.1, -0.05) is 11.6 Å². The zero-order valence-corrected chi connectivity index (χ0v) is 15.6. The molecule has 3 amide bonds. The monoisotopic (exact) mass is 428 g/mol. The third-order valence-corrected chi connectivity index (χ3v) is 3.90. The number of carbonyl (C=O) groups excluding carboxylic acids is 2. The molecule has 152 valence electrons. The number of carbonyl (C=O) groups is 2. The number of hydrogen-bond donors (Lipinski definition) is 3. The molecule has 9 nitrogen and oxygen atoms in total. The van der Waals surface area contributed by atoms with Crippen LogP contribution in [0.3, 0.4) is 0 Å². The molecule has 0 spiro atoms. The molecule has 3 aromatic heterocycles. The molecular weight excluding hydrogens is 417 g/mol. The maximum Gasteiger partial charge on any atom is 0.417 e. The Kier molecular flexibility index (Phi) is 5.29. The maximum absolute atomic E-state index is 13.4. The number of nitrogens with zero attached hydrogens (tertiary/aromatic N) is 3. The van der Waals surface area contributed by atoms with Gasteiger partial charge in [0.2, 0.25) is 5.88 Å². The number of rotatable bonds is 3. The highest BCUT2D eigenvalue weighted by Crippen LogP contribution is 2.35. The van der Waals surface area contributed by atoms with E-state index in [0.717, 1.165) is 0 Å². The molecule has 0 atom stereocenters. The zero-order chi connectivity index (χ0) is 21.3. The summed E-state index contributed by atoms with van der Waals surface area (Å²) in [6.07, 6.45) is -4.75. The molecule has 13 heteroatoms. The van der Waals surface area contributed by atoms with Gasteiger partial charge in [-0.25, -0.2) is 14.8 Å². The average Bonchev–Trinajstić information content (AvgIpc) is 3.00. The highest BCUT2D eigenvalue weighted by atomic mass is 35.5. The number of urea groups is 1. The molecule has 3 aromatic rings. The quantitative estimate of drug-likeness (QED) is 0.550. The number of pyridine rings is 2. The van der Waals surface area contributed by atoms with Gasteiger partial charge in [0, 0.05) is 11.8 Å². The number of amides is 3. The third kappa shape index (κ3) is 4.37. The van der Waals surface area contributed by atoms with Gasteiger partial charge in [-0.05, 0) is 19.1 Å². The van der Waals surface area contributed by atoms with E-state index in [1.165, 1.54) is 26.2 Å². The number of hydrogen-bond acceptors (Lipinski definition) is 6. The van der Waals surface area contributed by atoms with Crippen molar-refractivity contribution in [2.75, 3.05) is 12.4 Å². The largest absolute Gasteiger partial charge is 0.481 e. The molecule has 29 heavy (non-hydrogen) atoms. The van der Waals surface area contributed by atoms with E-state index < -0.39 is 29.4 Å². The molecule has 3 N–H and O–H groups in total. The van der Waals surface area contributed by atoms with Crippen LogP contribution in [0, 0.1) is 6.92 Å². The number of ether oxygens (including phenoxy) is 1. The van der Waals surface area contributed by atoms with E-state index in [1.807, 2.05) is 5.32 Å². The Morgan fingerprint density at radius 1 is 1.21 bits per heavy atom. The first-order valence-electron chi connectivity index (χ1n) is 7.85. The fraction of sp³-hybridized carbons (Fsp3) is 0.188. The van der Waals surface area contributed by atoms with E-state index in [1.54, 1.807) is 0 Å². The van der Waals surface area contributed by atoms with Crippen LogP contribution in [-0.2, 0) is 6.18 Å². The molecular formula is C16H12ClF3N6O3. The maximum atomic E-state index is 13.4. The predicted octanol–water partition coefficient (Wildman–Crippen LogP) is 3.30. The van der Waals surface area contributed by atoms with E-state index in [-0.39, 0.29) is 33.4 Å². The number of aryl methyl sites for hydroxylation is 1. The number of aromatic nitrogens is 4. The van der Waals surface area contributed by atoms with Gasteiger partial charge >= 0.3 is 12.2 Å². The lowest BCUT2D eigenvalue weighted by Gasteiger charge is -2.11. The van der Waals surface area contributed by atoms with Crippen molar-refractivity contribution < 1.29 is 27.5 Å². The first kappa shape index (κ1) is 20.3. The van der Waals surface area contributed by atoms with E-state index in [2.05, 4.69) is 25.5 Å². The minimum absolute atomic E-state index is 0.0156. The topological polar surface area (TPSA) is 122 Å². The summed E-state index contributed by atoms with van der Waals surface area (Å²) in [7, 11) is 1.34. The number of methoxy groups -OCH3 is 1. The lowest BCUT2D eigenvalue weighted by atomic mass is 10.1. The zero-order valence-electron chi connectivity index (χ0n) is 14.8. The highest BCUT2D eigenvalue weighted by Gasteiger charge is 2.35. The number of alkyl halides is 3. The fourth-order valence-electron chi connectivity index (χ4n) is 2.49. The van der Waals surface area contributed by atoms with E-state index >= 15 is 0 Å². The van der Waals surface area contributed by atoms with Crippen LogP contribution in [0.1, 0.15) is 21.7 Å². The molecule has 3 heterocycles. The number of fused-ring (bicyclic) bond motifs is 1. The van der Waals surface area contributed by atoms with Crippen molar-refractivity contribution in [3.8, 4) is 5.88 Å². The van der Waals surface area contributed by atoms with Crippen LogP contribution in [0.2, 0.25) is 5.15 Å². The molecule has 3 rings (SSSR count). The molecule has 0 bridgehead atoms. The minimum atomic E-state index is -4.75. The summed E-state index contributed by atoms with van der Waals surface area (Å²) in [4.78, 5) is 31.9. The summed E-state index contributed by atoms with van der Waals surface area (Å²) in [6.45, 7) is 1.40. The van der Waals surface area contributed by atoms with Crippen molar-refractivity contribution >= 4 is 40.3 Å². The Hall–Kier alpha value is -3.41. The van der Waals surface area contributed by atoms with Gasteiger partial charge in [0.1, 0.15) is 10.8 Å². The van der Waals surface area contributed by atoms with Gasteiger partial charge in [-0.3, -0.25) is 15.2 Å². The average molecular weight is 429 g/mol. The summed E-state index contributed by atoms with van der Waals surface area (Å²) in [5, 5.41) is 10.0. The van der Waals surface area contributed by atoms with Crippen molar-refractivity contribution in [1.29, 1.82) is 0 Å². The summed E-state index contributed by atoms with van der Waals surface area (Å²) < 4.78 is 45.0. The van der Waals surface area contributed by atoms with Crippen LogP contribution in [0.4, 0.5) is 23.7 Å². The Morgan fingerprint density at radius 3 is 2.59 bits per heavy atom. The number of H-pyrrole nitrogens is 1. The summed E-state index contributed by atoms with van der Waals surface area (Å²) in [5.41, 5.74) is -1.72. The molecule has 0 aliphatic carbocycles. The molecule has 0 saturated carbocycles. The van der Waals surface area contributed by atoms with Crippen molar-refractivity contribution in [3.63, 3.8) is 0 Å². The Labute approximate surface area is 165 Å². The van der Waals surface area contributed by atoms with Crippen molar-refractivity contribution in [2.45, 2.75) is 13.1 Å². The number of anilines is 1. The number of imide groups is 1. The molecule has 0 saturated heterocycles. The number of halogens is 4. The van der Waals surface area contributed by atoms with Gasteiger partial charge in [-0.2, -0.15) is 18.3 Å². The molecule has 0 unspecified atom stereocenters. The first-order valence-corrected chi connectivity index (χ1v) is 8.23. The first-order chi connectivity index (χ1) is 13.6. The molecule has 0 aromatic carbocycles. The van der Waals surface area contributed by atoms with Crippen LogP contribution < -0.4 is 15.4 Å². The standard InChI is InChI=1S/C16H12ClF3N6O3/c1-6-12-8(16(18,19)20)5-9(22-13(12)26-25-6)14(27)24-15(28)21-7-3-10(17)23-11(4-7)29-2/h3-5H,1-2H3,(H,22,25,26)(H2,21,23,24,27,28). The molecule has 0 aliphatic rings. The normalized spacial score (nSPS) is 11.4. The van der Waals surface area contributed by atoms with E-state index in [0.29, 0.717) is 6.07 Å². The fourth-order valence-corrected chi connectivity index (χ4v) is 2.69. The van der Waals surface area contributed by atoms with Crippen molar-refractivity contribution in [2.24, 2.45) is 0 Å². The van der Waals surface area contributed by atoms with Crippen LogP contribution >= 0.6 is 11.6 Å². The summed E-state index contributed by atoms with van der Waals surface area (Å²) in [6, 6.07) is 2.15. The Morgan fingerprint density at radius 2 is 1.93 bits per heavy atom. The van der Waals surface area contributed by atoms with Gasteiger partial charge in [0.25, 0.3) is 5.91 Å². The highest BCUT2D eigenvalue weighted by molar-refractivity contribution is 6.29. The van der Waals surface area contributed by atoms with E-state index in [9.17, 15) is 22.8 Å². The number of nitrogens with one attached hydrogen (secondary N) is 3. The minimum Gasteiger partial charge on any atom is -0.481 e. The lowest BCUT2D eigenvalue weighted by molar-refractivity contribution is -0.136. The predicted molar refractivity (Wildman–Crippen MR) is 95.9 cm³/mol. The second-order valence-corrected chi connectivity index (χ2v) is 6.12. The van der Waals surface area contributed by atoms with Crippen LogP contribution in [-0.4, -0.2) is 39.2 Å². The third-order valence-electron chi connectivity index (χ3n) is 3.71. The number of aromatic amines is 1. The van der Waals surface area contributed by atoms with Gasteiger partial charge in [0.15, 0.2) is 5.65 Å². The van der Waals surface area contributed by atoms with Crippen molar-refractivity contribution in [3.05, 3.63) is 40.3 Å². The second kappa shape index (κ2) is 7.54. The molecule has 0 aliphatic heterocycles. The van der Waals surface area contributed by atoms with Crippen LogP contribution in [0.25, 0.3) is 11.0 Å². The molecule has 0 radical (unpaired) electrons. The summed E-state index contributed by atoms with van der Waals surface area (Å²) in [5.74, 6) is -1.04. The van der Waals surface area contributed by atoms with Gasteiger partial charge < -0.3 is 10.1 Å². The second-order valence-electron chi connectivity index (χ2n) is 5.73. The van der Waals surface area contributed by atoms with Crippen molar-refractivity contribution in [1.82, 2.24) is 25.5 Å². The summed E-state index contributed by atoms with van der Waals surface area (Å²) >= 11 is 5.78. The Bertz CT molecular complexity index is 1120. The van der Waals surface area contributed by atoms with Crippen LogP contribution in [0.5, 0.6) is 5.88 Å².